The fourth-order valence-electron chi connectivity index (χ4n) is 1.65. The lowest BCUT2D eigenvalue weighted by molar-refractivity contribution is 0.295. The van der Waals surface area contributed by atoms with Gasteiger partial charge in [-0.15, -0.1) is 0 Å². The molecule has 0 heterocycles. The lowest BCUT2D eigenvalue weighted by Crippen LogP contribution is -2.08. The number of nitrogens with zero attached hydrogens (tertiary/aromatic N) is 1. The van der Waals surface area contributed by atoms with Crippen molar-refractivity contribution in [3.05, 3.63) is 23.8 Å². The Kier molecular flexibility index (Phi) is 5.03. The van der Waals surface area contributed by atoms with Crippen LogP contribution in [0.3, 0.4) is 0 Å². The number of anilines is 1. The van der Waals surface area contributed by atoms with E-state index in [1.807, 2.05) is 39.0 Å². The van der Waals surface area contributed by atoms with Crippen molar-refractivity contribution in [2.45, 2.75) is 40.0 Å². The summed E-state index contributed by atoms with van der Waals surface area (Å²) in [5.74, 6) is 0.862. The number of hydrogen-bond donors (Lipinski definition) is 1. The molecule has 0 saturated carbocycles. The third-order valence-corrected chi connectivity index (χ3v) is 3.01. The largest absolute Gasteiger partial charge is 0.494 e. The first kappa shape index (κ1) is 14.4. The zero-order chi connectivity index (χ0) is 13.6. The van der Waals surface area contributed by atoms with E-state index in [4.69, 9.17) is 15.7 Å². The number of hydrogen-bond acceptors (Lipinski definition) is 3. The van der Waals surface area contributed by atoms with Crippen LogP contribution in [-0.2, 0) is 0 Å². The topological polar surface area (TPSA) is 59.0 Å². The Hall–Kier alpha value is -1.69. The molecule has 0 spiro atoms. The molecule has 3 heteroatoms. The third kappa shape index (κ3) is 4.67. The van der Waals surface area contributed by atoms with Crippen LogP contribution in [0, 0.1) is 23.7 Å². The molecule has 0 aliphatic carbocycles. The quantitative estimate of drug-likeness (QED) is 0.615. The van der Waals surface area contributed by atoms with E-state index in [0.29, 0.717) is 6.61 Å². The first-order valence-corrected chi connectivity index (χ1v) is 6.35. The molecule has 1 aromatic rings. The van der Waals surface area contributed by atoms with Gasteiger partial charge in [-0.25, -0.2) is 0 Å². The molecule has 0 unspecified atom stereocenters. The smallest absolute Gasteiger partial charge is 0.119 e. The molecule has 0 bridgehead atoms. The highest BCUT2D eigenvalue weighted by molar-refractivity contribution is 5.49. The average Bonchev–Trinajstić information content (AvgIpc) is 2.33. The summed E-state index contributed by atoms with van der Waals surface area (Å²) in [5.41, 5.74) is 7.35. The average molecular weight is 246 g/mol. The second kappa shape index (κ2) is 6.30. The van der Waals surface area contributed by atoms with Gasteiger partial charge in [0.25, 0.3) is 0 Å². The number of benzene rings is 1. The fourth-order valence-corrected chi connectivity index (χ4v) is 1.65. The molecule has 98 valence electrons. The first-order chi connectivity index (χ1) is 8.44. The monoisotopic (exact) mass is 246 g/mol. The molecule has 3 nitrogen and oxygen atoms in total. The minimum atomic E-state index is -0.224. The highest BCUT2D eigenvalue weighted by atomic mass is 16.5. The van der Waals surface area contributed by atoms with Crippen LogP contribution >= 0.6 is 0 Å². The summed E-state index contributed by atoms with van der Waals surface area (Å²) in [5, 5.41) is 8.89. The van der Waals surface area contributed by atoms with Crippen LogP contribution in [0.2, 0.25) is 0 Å². The molecule has 0 aliphatic heterocycles. The fraction of sp³-hybridized carbons (Fsp3) is 0.533. The normalized spacial score (nSPS) is 11.0. The van der Waals surface area contributed by atoms with Gasteiger partial charge in [-0.05, 0) is 63.8 Å². The van der Waals surface area contributed by atoms with Gasteiger partial charge in [0.05, 0.1) is 18.1 Å². The zero-order valence-corrected chi connectivity index (χ0v) is 11.5. The number of nitrogens with two attached hydrogens (primary N) is 1. The number of aryl methyl sites for hydroxylation is 1. The van der Waals surface area contributed by atoms with Gasteiger partial charge in [0.1, 0.15) is 5.75 Å². The van der Waals surface area contributed by atoms with Crippen molar-refractivity contribution in [1.29, 1.82) is 5.26 Å². The summed E-state index contributed by atoms with van der Waals surface area (Å²) in [6.45, 7) is 6.59. The standard InChI is InChI=1S/C15H22N2O/c1-12-10-13(6-7-14(12)17)18-9-5-4-8-15(2,3)11-16/h6-7,10H,4-5,8-9,17H2,1-3H3. The van der Waals surface area contributed by atoms with Gasteiger partial charge >= 0.3 is 0 Å². The summed E-state index contributed by atoms with van der Waals surface area (Å²) in [4.78, 5) is 0. The van der Waals surface area contributed by atoms with Crippen LogP contribution in [0.25, 0.3) is 0 Å². The number of rotatable bonds is 6. The summed E-state index contributed by atoms with van der Waals surface area (Å²) < 4.78 is 5.65. The van der Waals surface area contributed by atoms with Gasteiger partial charge < -0.3 is 10.5 Å². The number of ether oxygens (including phenoxy) is 1. The van der Waals surface area contributed by atoms with E-state index in [-0.39, 0.29) is 5.41 Å². The van der Waals surface area contributed by atoms with Crippen molar-refractivity contribution < 1.29 is 4.74 Å². The van der Waals surface area contributed by atoms with Crippen molar-refractivity contribution in [1.82, 2.24) is 0 Å². The SMILES string of the molecule is Cc1cc(OCCCCC(C)(C)C#N)ccc1N. The Labute approximate surface area is 110 Å². The van der Waals surface area contributed by atoms with Crippen molar-refractivity contribution in [2.24, 2.45) is 5.41 Å². The lowest BCUT2D eigenvalue weighted by atomic mass is 9.89. The van der Waals surface area contributed by atoms with Crippen LogP contribution in [0.1, 0.15) is 38.7 Å². The Balaban J connectivity index is 2.26. The van der Waals surface area contributed by atoms with E-state index < -0.39 is 0 Å². The van der Waals surface area contributed by atoms with Crippen LogP contribution < -0.4 is 10.5 Å². The Morgan fingerprint density at radius 3 is 2.67 bits per heavy atom. The summed E-state index contributed by atoms with van der Waals surface area (Å²) in [6, 6.07) is 8.02. The van der Waals surface area contributed by atoms with Crippen molar-refractivity contribution in [3.8, 4) is 11.8 Å². The predicted octanol–water partition coefficient (Wildman–Crippen LogP) is 3.68. The molecule has 1 aromatic carbocycles. The molecule has 0 radical (unpaired) electrons. The zero-order valence-electron chi connectivity index (χ0n) is 11.5. The molecule has 1 rings (SSSR count). The van der Waals surface area contributed by atoms with Gasteiger partial charge in [-0.1, -0.05) is 0 Å². The summed E-state index contributed by atoms with van der Waals surface area (Å²) in [6.07, 6.45) is 2.89. The van der Waals surface area contributed by atoms with E-state index >= 15 is 0 Å². The maximum atomic E-state index is 8.89. The van der Waals surface area contributed by atoms with Gasteiger partial charge in [0, 0.05) is 5.69 Å². The minimum Gasteiger partial charge on any atom is -0.494 e. The second-order valence-electron chi connectivity index (χ2n) is 5.32. The van der Waals surface area contributed by atoms with Crippen molar-refractivity contribution in [3.63, 3.8) is 0 Å². The molecule has 0 atom stereocenters. The molecule has 2 N–H and O–H groups in total. The Morgan fingerprint density at radius 1 is 1.33 bits per heavy atom. The molecular weight excluding hydrogens is 224 g/mol. The minimum absolute atomic E-state index is 0.224. The molecule has 0 saturated heterocycles. The van der Waals surface area contributed by atoms with Gasteiger partial charge in [-0.3, -0.25) is 0 Å². The van der Waals surface area contributed by atoms with E-state index in [2.05, 4.69) is 6.07 Å². The molecule has 0 fully saturated rings. The highest BCUT2D eigenvalue weighted by Crippen LogP contribution is 2.22. The third-order valence-electron chi connectivity index (χ3n) is 3.01. The Morgan fingerprint density at radius 2 is 2.06 bits per heavy atom. The van der Waals surface area contributed by atoms with Gasteiger partial charge in [-0.2, -0.15) is 5.26 Å². The molecule has 0 aromatic heterocycles. The first-order valence-electron chi connectivity index (χ1n) is 6.35. The van der Waals surface area contributed by atoms with Gasteiger partial charge in [0.2, 0.25) is 0 Å². The maximum Gasteiger partial charge on any atom is 0.119 e. The van der Waals surface area contributed by atoms with Crippen molar-refractivity contribution >= 4 is 5.69 Å². The van der Waals surface area contributed by atoms with E-state index in [9.17, 15) is 0 Å². The number of nitrogen functional groups attached to an aromatic ring is 1. The van der Waals surface area contributed by atoms with Crippen LogP contribution in [-0.4, -0.2) is 6.61 Å². The van der Waals surface area contributed by atoms with E-state index in [0.717, 1.165) is 36.3 Å². The van der Waals surface area contributed by atoms with Crippen LogP contribution in [0.15, 0.2) is 18.2 Å². The number of nitriles is 1. The van der Waals surface area contributed by atoms with Crippen LogP contribution in [0.5, 0.6) is 5.75 Å². The molecule has 0 aliphatic rings. The van der Waals surface area contributed by atoms with Crippen LogP contribution in [0.4, 0.5) is 5.69 Å². The Bertz CT molecular complexity index is 433. The van der Waals surface area contributed by atoms with E-state index in [1.165, 1.54) is 0 Å². The van der Waals surface area contributed by atoms with E-state index in [1.54, 1.807) is 0 Å². The predicted molar refractivity (Wildman–Crippen MR) is 74.3 cm³/mol. The lowest BCUT2D eigenvalue weighted by Gasteiger charge is -2.14. The van der Waals surface area contributed by atoms with Crippen molar-refractivity contribution in [2.75, 3.05) is 12.3 Å². The highest BCUT2D eigenvalue weighted by Gasteiger charge is 2.15. The molecular formula is C15H22N2O. The molecule has 18 heavy (non-hydrogen) atoms. The number of unbranched alkanes of at least 4 members (excludes halogenated alkanes) is 1. The molecule has 0 amide bonds. The summed E-state index contributed by atoms with van der Waals surface area (Å²) >= 11 is 0. The maximum absolute atomic E-state index is 8.89. The summed E-state index contributed by atoms with van der Waals surface area (Å²) in [7, 11) is 0. The second-order valence-corrected chi connectivity index (χ2v) is 5.32. The van der Waals surface area contributed by atoms with Gasteiger partial charge in [0.15, 0.2) is 0 Å².